The van der Waals surface area contributed by atoms with Gasteiger partial charge < -0.3 is 10.6 Å². The Kier molecular flexibility index (Phi) is 2.73. The summed E-state index contributed by atoms with van der Waals surface area (Å²) in [4.78, 5) is 2.42. The van der Waals surface area contributed by atoms with E-state index in [1.165, 1.54) is 24.9 Å². The predicted octanol–water partition coefficient (Wildman–Crippen LogP) is 1.91. The number of hydrogen-bond donors (Lipinski definition) is 1. The first-order valence-electron chi connectivity index (χ1n) is 5.30. The number of nitrogen functional groups attached to an aromatic ring is 1. The Morgan fingerprint density at radius 3 is 2.93 bits per heavy atom. The van der Waals surface area contributed by atoms with Crippen molar-refractivity contribution in [1.29, 1.82) is 0 Å². The minimum absolute atomic E-state index is 0.802. The van der Waals surface area contributed by atoms with Crippen LogP contribution in [0.2, 0.25) is 0 Å². The standard InChI is InChI=1S/C12H18N2/c1-14-8-7-12(14)6-5-10-3-2-4-11(13)9-10/h2-4,9,12H,5-8,13H2,1H3. The zero-order chi connectivity index (χ0) is 9.97. The maximum Gasteiger partial charge on any atom is 0.0316 e. The largest absolute Gasteiger partial charge is 0.399 e. The Morgan fingerprint density at radius 2 is 2.36 bits per heavy atom. The number of benzene rings is 1. The van der Waals surface area contributed by atoms with Gasteiger partial charge in [-0.3, -0.25) is 0 Å². The molecule has 0 aliphatic carbocycles. The van der Waals surface area contributed by atoms with Gasteiger partial charge in [-0.2, -0.15) is 0 Å². The third-order valence-electron chi connectivity index (χ3n) is 3.16. The topological polar surface area (TPSA) is 29.3 Å². The maximum atomic E-state index is 5.73. The Morgan fingerprint density at radius 1 is 1.50 bits per heavy atom. The molecule has 1 atom stereocenters. The summed E-state index contributed by atoms with van der Waals surface area (Å²) in [7, 11) is 2.20. The fourth-order valence-electron chi connectivity index (χ4n) is 2.02. The van der Waals surface area contributed by atoms with Crippen LogP contribution in [0.25, 0.3) is 0 Å². The highest BCUT2D eigenvalue weighted by atomic mass is 15.2. The van der Waals surface area contributed by atoms with E-state index in [0.717, 1.165) is 18.2 Å². The normalized spacial score (nSPS) is 21.9. The minimum Gasteiger partial charge on any atom is -0.399 e. The van der Waals surface area contributed by atoms with Crippen LogP contribution in [0.1, 0.15) is 18.4 Å². The van der Waals surface area contributed by atoms with Crippen LogP contribution in [-0.2, 0) is 6.42 Å². The Labute approximate surface area is 85.7 Å². The molecule has 0 spiro atoms. The molecule has 1 unspecified atom stereocenters. The van der Waals surface area contributed by atoms with E-state index in [1.54, 1.807) is 0 Å². The molecule has 0 bridgehead atoms. The smallest absolute Gasteiger partial charge is 0.0316 e. The van der Waals surface area contributed by atoms with Crippen molar-refractivity contribution in [3.05, 3.63) is 29.8 Å². The van der Waals surface area contributed by atoms with Gasteiger partial charge in [0.05, 0.1) is 0 Å². The summed E-state index contributed by atoms with van der Waals surface area (Å²) in [5.41, 5.74) is 7.97. The number of anilines is 1. The molecule has 1 aromatic rings. The van der Waals surface area contributed by atoms with Gasteiger partial charge in [-0.25, -0.2) is 0 Å². The van der Waals surface area contributed by atoms with Gasteiger partial charge in [0.1, 0.15) is 0 Å². The molecular formula is C12H18N2. The summed E-state index contributed by atoms with van der Waals surface area (Å²) in [5, 5.41) is 0. The molecule has 0 aromatic heterocycles. The van der Waals surface area contributed by atoms with E-state index in [4.69, 9.17) is 5.73 Å². The second-order valence-electron chi connectivity index (χ2n) is 4.21. The van der Waals surface area contributed by atoms with E-state index < -0.39 is 0 Å². The molecule has 1 saturated heterocycles. The van der Waals surface area contributed by atoms with Gasteiger partial charge in [0, 0.05) is 11.7 Å². The number of rotatable bonds is 3. The molecule has 0 amide bonds. The van der Waals surface area contributed by atoms with E-state index in [0.29, 0.717) is 0 Å². The fourth-order valence-corrected chi connectivity index (χ4v) is 2.02. The number of nitrogens with zero attached hydrogens (tertiary/aromatic N) is 1. The zero-order valence-corrected chi connectivity index (χ0v) is 8.74. The lowest BCUT2D eigenvalue weighted by molar-refractivity contribution is 0.119. The molecule has 1 aliphatic heterocycles. The average molecular weight is 190 g/mol. The lowest BCUT2D eigenvalue weighted by Crippen LogP contribution is -2.44. The molecule has 0 saturated carbocycles. The number of likely N-dealkylation sites (tertiary alicyclic amines) is 1. The molecule has 1 aromatic carbocycles. The van der Waals surface area contributed by atoms with Crippen LogP contribution in [0.4, 0.5) is 5.69 Å². The highest BCUT2D eigenvalue weighted by Gasteiger charge is 2.22. The van der Waals surface area contributed by atoms with Gasteiger partial charge in [0.2, 0.25) is 0 Å². The average Bonchev–Trinajstić information content (AvgIpc) is 2.16. The Hall–Kier alpha value is -1.02. The second-order valence-corrected chi connectivity index (χ2v) is 4.21. The SMILES string of the molecule is CN1CCC1CCc1cccc(N)c1. The fraction of sp³-hybridized carbons (Fsp3) is 0.500. The van der Waals surface area contributed by atoms with Crippen LogP contribution in [0, 0.1) is 0 Å². The molecule has 2 heteroatoms. The van der Waals surface area contributed by atoms with Crippen LogP contribution in [0.5, 0.6) is 0 Å². The van der Waals surface area contributed by atoms with Crippen LogP contribution in [-0.4, -0.2) is 24.5 Å². The van der Waals surface area contributed by atoms with Crippen molar-refractivity contribution in [3.63, 3.8) is 0 Å². The first-order chi connectivity index (χ1) is 6.75. The lowest BCUT2D eigenvalue weighted by atomic mass is 9.96. The molecular weight excluding hydrogens is 172 g/mol. The Balaban J connectivity index is 1.85. The van der Waals surface area contributed by atoms with Gasteiger partial charge in [0.25, 0.3) is 0 Å². The van der Waals surface area contributed by atoms with Crippen molar-refractivity contribution in [2.24, 2.45) is 0 Å². The summed E-state index contributed by atoms with van der Waals surface area (Å²) in [5.74, 6) is 0. The van der Waals surface area contributed by atoms with E-state index in [1.807, 2.05) is 12.1 Å². The van der Waals surface area contributed by atoms with Gasteiger partial charge in [-0.15, -0.1) is 0 Å². The quantitative estimate of drug-likeness (QED) is 0.738. The highest BCUT2D eigenvalue weighted by molar-refractivity contribution is 5.40. The molecule has 0 radical (unpaired) electrons. The maximum absolute atomic E-state index is 5.73. The van der Waals surface area contributed by atoms with Crippen LogP contribution < -0.4 is 5.73 Å². The van der Waals surface area contributed by atoms with E-state index in [2.05, 4.69) is 24.1 Å². The number of nitrogens with two attached hydrogens (primary N) is 1. The van der Waals surface area contributed by atoms with Gasteiger partial charge in [0.15, 0.2) is 0 Å². The van der Waals surface area contributed by atoms with Crippen LogP contribution in [0.3, 0.4) is 0 Å². The van der Waals surface area contributed by atoms with Crippen molar-refractivity contribution < 1.29 is 0 Å². The second kappa shape index (κ2) is 4.01. The molecule has 2 nitrogen and oxygen atoms in total. The molecule has 2 rings (SSSR count). The third-order valence-corrected chi connectivity index (χ3v) is 3.16. The highest BCUT2D eigenvalue weighted by Crippen LogP contribution is 2.20. The van der Waals surface area contributed by atoms with Crippen molar-refractivity contribution in [1.82, 2.24) is 4.90 Å². The molecule has 1 aliphatic rings. The van der Waals surface area contributed by atoms with Gasteiger partial charge in [-0.05, 0) is 50.6 Å². The van der Waals surface area contributed by atoms with Crippen molar-refractivity contribution >= 4 is 5.69 Å². The first kappa shape index (κ1) is 9.53. The minimum atomic E-state index is 0.802. The van der Waals surface area contributed by atoms with Crippen molar-refractivity contribution in [2.45, 2.75) is 25.3 Å². The number of aryl methyl sites for hydroxylation is 1. The third kappa shape index (κ3) is 2.07. The molecule has 1 heterocycles. The molecule has 14 heavy (non-hydrogen) atoms. The summed E-state index contributed by atoms with van der Waals surface area (Å²) in [6, 6.07) is 9.03. The Bertz CT molecular complexity index is 309. The number of hydrogen-bond acceptors (Lipinski definition) is 2. The predicted molar refractivity (Wildman–Crippen MR) is 60.2 cm³/mol. The van der Waals surface area contributed by atoms with E-state index >= 15 is 0 Å². The summed E-state index contributed by atoms with van der Waals surface area (Å²) < 4.78 is 0. The molecule has 76 valence electrons. The van der Waals surface area contributed by atoms with Gasteiger partial charge in [-0.1, -0.05) is 12.1 Å². The van der Waals surface area contributed by atoms with E-state index in [9.17, 15) is 0 Å². The van der Waals surface area contributed by atoms with Crippen molar-refractivity contribution in [2.75, 3.05) is 19.3 Å². The lowest BCUT2D eigenvalue weighted by Gasteiger charge is -2.38. The first-order valence-corrected chi connectivity index (χ1v) is 5.30. The summed E-state index contributed by atoms with van der Waals surface area (Å²) >= 11 is 0. The van der Waals surface area contributed by atoms with Crippen LogP contribution in [0.15, 0.2) is 24.3 Å². The summed E-state index contributed by atoms with van der Waals surface area (Å²) in [6.45, 7) is 1.27. The molecule has 2 N–H and O–H groups in total. The monoisotopic (exact) mass is 190 g/mol. The van der Waals surface area contributed by atoms with Gasteiger partial charge >= 0.3 is 0 Å². The van der Waals surface area contributed by atoms with Crippen molar-refractivity contribution in [3.8, 4) is 0 Å². The van der Waals surface area contributed by atoms with Crippen LogP contribution >= 0.6 is 0 Å². The summed E-state index contributed by atoms with van der Waals surface area (Å²) in [6.07, 6.45) is 3.78. The van der Waals surface area contributed by atoms with E-state index in [-0.39, 0.29) is 0 Å². The molecule has 1 fully saturated rings. The zero-order valence-electron chi connectivity index (χ0n) is 8.74.